The van der Waals surface area contributed by atoms with Crippen LogP contribution in [-0.2, 0) is 16.8 Å². The first kappa shape index (κ1) is 20.6. The van der Waals surface area contributed by atoms with Crippen molar-refractivity contribution in [3.05, 3.63) is 34.6 Å². The van der Waals surface area contributed by atoms with Crippen molar-refractivity contribution in [2.75, 3.05) is 27.2 Å². The van der Waals surface area contributed by atoms with E-state index in [1.807, 2.05) is 0 Å². The van der Waals surface area contributed by atoms with Gasteiger partial charge in [-0.3, -0.25) is 0 Å². The average Bonchev–Trinajstić information content (AvgIpc) is 2.92. The SMILES string of the molecule is CNCC1CCCN1S(=O)(=O)N(C)Cc1c(F)cccc1Cl.Cl. The summed E-state index contributed by atoms with van der Waals surface area (Å²) in [7, 11) is -0.392. The van der Waals surface area contributed by atoms with Crippen LogP contribution >= 0.6 is 24.0 Å². The first-order valence-corrected chi connectivity index (χ1v) is 8.96. The minimum atomic E-state index is -3.64. The summed E-state index contributed by atoms with van der Waals surface area (Å²) in [5, 5.41) is 3.24. The summed E-state index contributed by atoms with van der Waals surface area (Å²) < 4.78 is 41.9. The van der Waals surface area contributed by atoms with Crippen molar-refractivity contribution < 1.29 is 12.8 Å². The molecular formula is C14H22Cl2FN3O2S. The Balaban J connectivity index is 0.00000264. The topological polar surface area (TPSA) is 52.7 Å². The summed E-state index contributed by atoms with van der Waals surface area (Å²) in [6, 6.07) is 4.27. The van der Waals surface area contributed by atoms with E-state index in [0.717, 1.165) is 17.1 Å². The Hall–Kier alpha value is -0.440. The normalized spacial score (nSPS) is 19.1. The molecule has 0 radical (unpaired) electrons. The predicted molar refractivity (Wildman–Crippen MR) is 92.7 cm³/mol. The summed E-state index contributed by atoms with van der Waals surface area (Å²) >= 11 is 5.98. The van der Waals surface area contributed by atoms with E-state index >= 15 is 0 Å². The van der Waals surface area contributed by atoms with E-state index in [9.17, 15) is 12.8 Å². The molecule has 132 valence electrons. The predicted octanol–water partition coefficient (Wildman–Crippen LogP) is 2.26. The van der Waals surface area contributed by atoms with Crippen molar-refractivity contribution >= 4 is 34.2 Å². The Kier molecular flexibility index (Phi) is 7.70. The molecule has 1 fully saturated rings. The molecule has 0 saturated carbocycles. The van der Waals surface area contributed by atoms with Gasteiger partial charge in [-0.05, 0) is 32.0 Å². The molecule has 1 aromatic carbocycles. The number of likely N-dealkylation sites (N-methyl/N-ethyl adjacent to an activating group) is 1. The number of nitrogens with one attached hydrogen (secondary N) is 1. The Morgan fingerprint density at radius 1 is 1.48 bits per heavy atom. The minimum Gasteiger partial charge on any atom is -0.318 e. The van der Waals surface area contributed by atoms with Gasteiger partial charge in [-0.1, -0.05) is 17.7 Å². The molecular weight excluding hydrogens is 364 g/mol. The fourth-order valence-electron chi connectivity index (χ4n) is 2.72. The van der Waals surface area contributed by atoms with Gasteiger partial charge in [0, 0.05) is 43.3 Å². The first-order valence-electron chi connectivity index (χ1n) is 7.18. The lowest BCUT2D eigenvalue weighted by atomic mass is 10.2. The quantitative estimate of drug-likeness (QED) is 0.816. The van der Waals surface area contributed by atoms with Crippen LogP contribution in [0, 0.1) is 5.82 Å². The fourth-order valence-corrected chi connectivity index (χ4v) is 4.51. The van der Waals surface area contributed by atoms with Crippen molar-refractivity contribution in [3.8, 4) is 0 Å². The summed E-state index contributed by atoms with van der Waals surface area (Å²) in [4.78, 5) is 0. The number of rotatable bonds is 6. The molecule has 9 heteroatoms. The van der Waals surface area contributed by atoms with E-state index in [1.165, 1.54) is 23.5 Å². The molecule has 2 rings (SSSR count). The smallest absolute Gasteiger partial charge is 0.282 e. The number of benzene rings is 1. The third-order valence-electron chi connectivity index (χ3n) is 3.90. The molecule has 1 aliphatic rings. The monoisotopic (exact) mass is 385 g/mol. The molecule has 1 heterocycles. The second-order valence-corrected chi connectivity index (χ2v) is 7.82. The maximum absolute atomic E-state index is 13.8. The largest absolute Gasteiger partial charge is 0.318 e. The molecule has 1 saturated heterocycles. The maximum Gasteiger partial charge on any atom is 0.282 e. The Morgan fingerprint density at radius 2 is 2.17 bits per heavy atom. The standard InChI is InChI=1S/C14H21ClFN3O2S.ClH/c1-17-9-11-5-4-8-19(11)22(20,21)18(2)10-12-13(15)6-3-7-14(12)16;/h3,6-7,11,17H,4-5,8-10H2,1-2H3;1H. The van der Waals surface area contributed by atoms with Crippen LogP contribution in [0.5, 0.6) is 0 Å². The second kappa shape index (κ2) is 8.60. The van der Waals surface area contributed by atoms with E-state index in [0.29, 0.717) is 13.1 Å². The van der Waals surface area contributed by atoms with Crippen molar-refractivity contribution in [1.82, 2.24) is 13.9 Å². The molecule has 1 aliphatic heterocycles. The van der Waals surface area contributed by atoms with Crippen LogP contribution in [0.2, 0.25) is 5.02 Å². The van der Waals surface area contributed by atoms with Gasteiger partial charge < -0.3 is 5.32 Å². The van der Waals surface area contributed by atoms with Crippen LogP contribution in [0.4, 0.5) is 4.39 Å². The molecule has 0 aromatic heterocycles. The van der Waals surface area contributed by atoms with Gasteiger partial charge in [0.25, 0.3) is 10.2 Å². The zero-order valence-electron chi connectivity index (χ0n) is 13.1. The van der Waals surface area contributed by atoms with Crippen molar-refractivity contribution in [1.29, 1.82) is 0 Å². The fraction of sp³-hybridized carbons (Fsp3) is 0.571. The highest BCUT2D eigenvalue weighted by molar-refractivity contribution is 7.86. The minimum absolute atomic E-state index is 0. The second-order valence-electron chi connectivity index (χ2n) is 5.43. The van der Waals surface area contributed by atoms with Crippen LogP contribution in [0.25, 0.3) is 0 Å². The summed E-state index contributed by atoms with van der Waals surface area (Å²) in [5.41, 5.74) is 0.194. The lowest BCUT2D eigenvalue weighted by molar-refractivity contribution is 0.335. The highest BCUT2D eigenvalue weighted by atomic mass is 35.5. The molecule has 1 aromatic rings. The third-order valence-corrected chi connectivity index (χ3v) is 6.24. The lowest BCUT2D eigenvalue weighted by Gasteiger charge is -2.29. The van der Waals surface area contributed by atoms with Crippen LogP contribution in [0.15, 0.2) is 18.2 Å². The lowest BCUT2D eigenvalue weighted by Crippen LogP contribution is -2.47. The zero-order valence-corrected chi connectivity index (χ0v) is 15.5. The van der Waals surface area contributed by atoms with E-state index in [1.54, 1.807) is 13.1 Å². The van der Waals surface area contributed by atoms with Gasteiger partial charge in [-0.2, -0.15) is 17.0 Å². The zero-order chi connectivity index (χ0) is 16.3. The van der Waals surface area contributed by atoms with Gasteiger partial charge in [0.1, 0.15) is 5.82 Å². The van der Waals surface area contributed by atoms with Crippen LogP contribution < -0.4 is 5.32 Å². The molecule has 23 heavy (non-hydrogen) atoms. The van der Waals surface area contributed by atoms with Crippen molar-refractivity contribution in [3.63, 3.8) is 0 Å². The highest BCUT2D eigenvalue weighted by Crippen LogP contribution is 2.26. The number of halogens is 3. The van der Waals surface area contributed by atoms with Crippen LogP contribution in [0.3, 0.4) is 0 Å². The van der Waals surface area contributed by atoms with Gasteiger partial charge >= 0.3 is 0 Å². The average molecular weight is 386 g/mol. The van der Waals surface area contributed by atoms with Crippen LogP contribution in [-0.4, -0.2) is 50.3 Å². The van der Waals surface area contributed by atoms with Gasteiger partial charge in [-0.25, -0.2) is 4.39 Å². The highest BCUT2D eigenvalue weighted by Gasteiger charge is 2.36. The maximum atomic E-state index is 13.8. The summed E-state index contributed by atoms with van der Waals surface area (Å²) in [6.45, 7) is 1.01. The molecule has 0 aliphatic carbocycles. The first-order chi connectivity index (χ1) is 10.4. The van der Waals surface area contributed by atoms with E-state index in [4.69, 9.17) is 11.6 Å². The number of hydrogen-bond acceptors (Lipinski definition) is 3. The van der Waals surface area contributed by atoms with Gasteiger partial charge in [0.05, 0.1) is 0 Å². The molecule has 5 nitrogen and oxygen atoms in total. The summed E-state index contributed by atoms with van der Waals surface area (Å²) in [6.07, 6.45) is 1.66. The summed E-state index contributed by atoms with van der Waals surface area (Å²) in [5.74, 6) is -0.497. The third kappa shape index (κ3) is 4.55. The van der Waals surface area contributed by atoms with E-state index < -0.39 is 16.0 Å². The molecule has 0 spiro atoms. The number of nitrogens with zero attached hydrogens (tertiary/aromatic N) is 2. The molecule has 1 unspecified atom stereocenters. The van der Waals surface area contributed by atoms with Crippen molar-refractivity contribution in [2.45, 2.75) is 25.4 Å². The Morgan fingerprint density at radius 3 is 2.78 bits per heavy atom. The molecule has 1 atom stereocenters. The van der Waals surface area contributed by atoms with Gasteiger partial charge in [0.2, 0.25) is 0 Å². The Labute approximate surface area is 148 Å². The van der Waals surface area contributed by atoms with E-state index in [2.05, 4.69) is 5.32 Å². The van der Waals surface area contributed by atoms with Crippen LogP contribution in [0.1, 0.15) is 18.4 Å². The molecule has 1 N–H and O–H groups in total. The van der Waals surface area contributed by atoms with E-state index in [-0.39, 0.29) is 35.6 Å². The molecule has 0 bridgehead atoms. The van der Waals surface area contributed by atoms with Gasteiger partial charge in [0.15, 0.2) is 0 Å². The Bertz CT molecular complexity index is 610. The molecule has 0 amide bonds. The van der Waals surface area contributed by atoms with Crippen molar-refractivity contribution in [2.24, 2.45) is 0 Å². The number of hydrogen-bond donors (Lipinski definition) is 1. The van der Waals surface area contributed by atoms with Gasteiger partial charge in [-0.15, -0.1) is 12.4 Å².